The van der Waals surface area contributed by atoms with Gasteiger partial charge in [0, 0.05) is 19.8 Å². The van der Waals surface area contributed by atoms with Gasteiger partial charge < -0.3 is 13.3 Å². The van der Waals surface area contributed by atoms with Gasteiger partial charge in [-0.15, -0.1) is 0 Å². The molecule has 0 rings (SSSR count). The molecular formula is C10H22O3Si. The summed E-state index contributed by atoms with van der Waals surface area (Å²) in [6, 6.07) is 0. The van der Waals surface area contributed by atoms with Crippen LogP contribution in [0.3, 0.4) is 0 Å². The first kappa shape index (κ1) is 13.8. The lowest BCUT2D eigenvalue weighted by Gasteiger charge is -2.25. The normalized spacial score (nSPS) is 11.5. The van der Waals surface area contributed by atoms with Crippen LogP contribution in [0.15, 0.2) is 11.3 Å². The van der Waals surface area contributed by atoms with E-state index in [1.165, 1.54) is 5.57 Å². The fourth-order valence-corrected chi connectivity index (χ4v) is 3.62. The van der Waals surface area contributed by atoms with E-state index in [1.54, 1.807) is 0 Å². The average Bonchev–Trinajstić information content (AvgIpc) is 2.03. The number of hydrogen-bond acceptors (Lipinski definition) is 3. The van der Waals surface area contributed by atoms with Gasteiger partial charge in [-0.05, 0) is 40.3 Å². The van der Waals surface area contributed by atoms with E-state index >= 15 is 0 Å². The molecule has 0 aromatic heterocycles. The Balaban J connectivity index is 4.63. The van der Waals surface area contributed by atoms with Crippen LogP contribution >= 0.6 is 0 Å². The van der Waals surface area contributed by atoms with Gasteiger partial charge in [-0.2, -0.15) is 0 Å². The van der Waals surface area contributed by atoms with Gasteiger partial charge in [-0.25, -0.2) is 0 Å². The molecule has 0 aliphatic rings. The van der Waals surface area contributed by atoms with Crippen molar-refractivity contribution in [3.05, 3.63) is 11.3 Å². The standard InChI is InChI=1S/C10H22O3Si/c1-6-11-14(12-7-2,13-8-3)9-10(4)5/h9H,6-8H2,1-5H3. The Morgan fingerprint density at radius 2 is 1.29 bits per heavy atom. The Labute approximate surface area is 88.4 Å². The zero-order chi connectivity index (χ0) is 11.0. The Bertz CT molecular complexity index is 159. The van der Waals surface area contributed by atoms with Gasteiger partial charge in [0.15, 0.2) is 0 Å². The monoisotopic (exact) mass is 218 g/mol. The topological polar surface area (TPSA) is 27.7 Å². The van der Waals surface area contributed by atoms with Gasteiger partial charge in [0.2, 0.25) is 0 Å². The third-order valence-electron chi connectivity index (χ3n) is 1.50. The summed E-state index contributed by atoms with van der Waals surface area (Å²) in [6.07, 6.45) is 0. The van der Waals surface area contributed by atoms with Crippen LogP contribution in [0, 0.1) is 0 Å². The second kappa shape index (κ2) is 7.17. The van der Waals surface area contributed by atoms with Gasteiger partial charge >= 0.3 is 8.80 Å². The molecule has 84 valence electrons. The van der Waals surface area contributed by atoms with E-state index in [0.717, 1.165) is 0 Å². The fourth-order valence-electron chi connectivity index (χ4n) is 1.21. The minimum absolute atomic E-state index is 0.621. The predicted octanol–water partition coefficient (Wildman–Crippen LogP) is 2.54. The van der Waals surface area contributed by atoms with Crippen molar-refractivity contribution in [2.24, 2.45) is 0 Å². The summed E-state index contributed by atoms with van der Waals surface area (Å²) < 4.78 is 16.9. The van der Waals surface area contributed by atoms with Crippen LogP contribution in [-0.4, -0.2) is 28.6 Å². The van der Waals surface area contributed by atoms with Crippen LogP contribution in [0.1, 0.15) is 34.6 Å². The fraction of sp³-hybridized carbons (Fsp3) is 0.800. The van der Waals surface area contributed by atoms with Crippen molar-refractivity contribution >= 4 is 8.80 Å². The lowest BCUT2D eigenvalue weighted by Crippen LogP contribution is -2.44. The van der Waals surface area contributed by atoms with E-state index < -0.39 is 8.80 Å². The van der Waals surface area contributed by atoms with Crippen molar-refractivity contribution in [3.8, 4) is 0 Å². The number of hydrogen-bond donors (Lipinski definition) is 0. The molecule has 0 aromatic carbocycles. The largest absolute Gasteiger partial charge is 0.529 e. The summed E-state index contributed by atoms with van der Waals surface area (Å²) in [6.45, 7) is 11.8. The van der Waals surface area contributed by atoms with E-state index in [0.29, 0.717) is 19.8 Å². The second-order valence-corrected chi connectivity index (χ2v) is 5.49. The highest BCUT2D eigenvalue weighted by atomic mass is 28.4. The van der Waals surface area contributed by atoms with Crippen LogP contribution in [0.25, 0.3) is 0 Å². The van der Waals surface area contributed by atoms with E-state index in [2.05, 4.69) is 0 Å². The minimum atomic E-state index is -2.52. The molecule has 0 aliphatic heterocycles. The molecule has 0 heterocycles. The first-order valence-electron chi connectivity index (χ1n) is 5.18. The highest BCUT2D eigenvalue weighted by Gasteiger charge is 2.37. The second-order valence-electron chi connectivity index (χ2n) is 3.12. The van der Waals surface area contributed by atoms with Crippen LogP contribution in [0.2, 0.25) is 0 Å². The first-order chi connectivity index (χ1) is 6.60. The lowest BCUT2D eigenvalue weighted by atomic mass is 10.4. The Hall–Kier alpha value is -0.163. The maximum absolute atomic E-state index is 5.64. The molecule has 14 heavy (non-hydrogen) atoms. The highest BCUT2D eigenvalue weighted by molar-refractivity contribution is 6.66. The SMILES string of the molecule is CCO[Si](C=C(C)C)(OCC)OCC. The van der Waals surface area contributed by atoms with Gasteiger partial charge in [-0.1, -0.05) is 5.57 Å². The molecule has 0 saturated carbocycles. The zero-order valence-corrected chi connectivity index (χ0v) is 10.9. The molecular weight excluding hydrogens is 196 g/mol. The molecule has 0 fully saturated rings. The number of rotatable bonds is 7. The van der Waals surface area contributed by atoms with Crippen molar-refractivity contribution in [1.82, 2.24) is 0 Å². The van der Waals surface area contributed by atoms with Gasteiger partial charge in [0.05, 0.1) is 0 Å². The van der Waals surface area contributed by atoms with Gasteiger partial charge in [0.25, 0.3) is 0 Å². The zero-order valence-electron chi connectivity index (χ0n) is 9.92. The molecule has 0 saturated heterocycles. The van der Waals surface area contributed by atoms with Gasteiger partial charge in [0.1, 0.15) is 0 Å². The first-order valence-corrected chi connectivity index (χ1v) is 6.98. The molecule has 0 unspecified atom stereocenters. The third kappa shape index (κ3) is 4.90. The van der Waals surface area contributed by atoms with Crippen molar-refractivity contribution in [2.75, 3.05) is 19.8 Å². The molecule has 0 aliphatic carbocycles. The van der Waals surface area contributed by atoms with Crippen LogP contribution < -0.4 is 0 Å². The van der Waals surface area contributed by atoms with Crippen LogP contribution in [0.5, 0.6) is 0 Å². The number of allylic oxidation sites excluding steroid dienone is 1. The summed E-state index contributed by atoms with van der Waals surface area (Å²) in [5.74, 6) is 0. The molecule has 3 nitrogen and oxygen atoms in total. The summed E-state index contributed by atoms with van der Waals surface area (Å²) in [7, 11) is -2.52. The molecule has 0 N–H and O–H groups in total. The van der Waals surface area contributed by atoms with E-state index in [9.17, 15) is 0 Å². The van der Waals surface area contributed by atoms with E-state index in [4.69, 9.17) is 13.3 Å². The maximum Gasteiger partial charge on any atom is 0.529 e. The quantitative estimate of drug-likeness (QED) is 0.615. The van der Waals surface area contributed by atoms with Crippen molar-refractivity contribution < 1.29 is 13.3 Å². The van der Waals surface area contributed by atoms with Crippen molar-refractivity contribution in [2.45, 2.75) is 34.6 Å². The summed E-state index contributed by atoms with van der Waals surface area (Å²) in [5.41, 5.74) is 3.18. The summed E-state index contributed by atoms with van der Waals surface area (Å²) >= 11 is 0. The molecule has 0 atom stereocenters. The Kier molecular flexibility index (Phi) is 7.09. The average molecular weight is 218 g/mol. The maximum atomic E-state index is 5.64. The predicted molar refractivity (Wildman–Crippen MR) is 60.1 cm³/mol. The molecule has 0 radical (unpaired) electrons. The molecule has 0 bridgehead atoms. The lowest BCUT2D eigenvalue weighted by molar-refractivity contribution is 0.0841. The van der Waals surface area contributed by atoms with E-state index in [1.807, 2.05) is 40.3 Å². The van der Waals surface area contributed by atoms with Crippen LogP contribution in [0.4, 0.5) is 0 Å². The van der Waals surface area contributed by atoms with E-state index in [-0.39, 0.29) is 0 Å². The minimum Gasteiger partial charge on any atom is -0.371 e. The molecule has 0 amide bonds. The molecule has 0 aromatic rings. The van der Waals surface area contributed by atoms with Crippen molar-refractivity contribution in [3.63, 3.8) is 0 Å². The molecule has 4 heteroatoms. The summed E-state index contributed by atoms with van der Waals surface area (Å²) in [4.78, 5) is 0. The van der Waals surface area contributed by atoms with Crippen molar-refractivity contribution in [1.29, 1.82) is 0 Å². The summed E-state index contributed by atoms with van der Waals surface area (Å²) in [5, 5.41) is 0. The van der Waals surface area contributed by atoms with Gasteiger partial charge in [-0.3, -0.25) is 0 Å². The Morgan fingerprint density at radius 1 is 0.929 bits per heavy atom. The molecule has 0 spiro atoms. The highest BCUT2D eigenvalue weighted by Crippen LogP contribution is 2.13. The third-order valence-corrected chi connectivity index (χ3v) is 4.51. The Morgan fingerprint density at radius 3 is 1.50 bits per heavy atom. The smallest absolute Gasteiger partial charge is 0.371 e. The van der Waals surface area contributed by atoms with Crippen LogP contribution in [-0.2, 0) is 13.3 Å².